The van der Waals surface area contributed by atoms with E-state index in [0.717, 1.165) is 19.7 Å². The number of fused-ring (bicyclic) bond motifs is 1. The quantitative estimate of drug-likeness (QED) is 0.798. The zero-order valence-electron chi connectivity index (χ0n) is 10.9. The Labute approximate surface area is 105 Å². The molecule has 98 valence electrons. The molecule has 0 amide bonds. The van der Waals surface area contributed by atoms with Crippen molar-refractivity contribution in [2.75, 3.05) is 19.7 Å². The number of ether oxygens (including phenoxy) is 1. The molecule has 0 bridgehead atoms. The monoisotopic (exact) mass is 238 g/mol. The van der Waals surface area contributed by atoms with Gasteiger partial charge >= 0.3 is 0 Å². The summed E-state index contributed by atoms with van der Waals surface area (Å²) in [6.07, 6.45) is 10.9. The number of rotatable bonds is 2. The van der Waals surface area contributed by atoms with Crippen molar-refractivity contribution >= 4 is 0 Å². The maximum absolute atomic E-state index is 6.59. The largest absolute Gasteiger partial charge is 0.375 e. The number of morpholine rings is 1. The molecule has 2 unspecified atom stereocenters. The summed E-state index contributed by atoms with van der Waals surface area (Å²) in [7, 11) is 0. The van der Waals surface area contributed by atoms with Crippen LogP contribution in [0.15, 0.2) is 0 Å². The van der Waals surface area contributed by atoms with Crippen LogP contribution in [0, 0.1) is 0 Å². The summed E-state index contributed by atoms with van der Waals surface area (Å²) in [5.74, 6) is 0. The predicted molar refractivity (Wildman–Crippen MR) is 69.0 cm³/mol. The third-order valence-corrected chi connectivity index (χ3v) is 4.96. The maximum Gasteiger partial charge on any atom is 0.0730 e. The molecule has 1 saturated heterocycles. The van der Waals surface area contributed by atoms with Crippen molar-refractivity contribution < 1.29 is 4.74 Å². The van der Waals surface area contributed by atoms with Crippen molar-refractivity contribution in [1.82, 2.24) is 4.90 Å². The molecule has 3 fully saturated rings. The topological polar surface area (TPSA) is 38.5 Å². The van der Waals surface area contributed by atoms with Gasteiger partial charge in [-0.2, -0.15) is 0 Å². The second-order valence-electron chi connectivity index (χ2n) is 6.30. The Hall–Kier alpha value is -0.120. The Morgan fingerprint density at radius 3 is 2.76 bits per heavy atom. The first-order valence-electron chi connectivity index (χ1n) is 7.41. The van der Waals surface area contributed by atoms with Crippen LogP contribution in [0.25, 0.3) is 0 Å². The first-order chi connectivity index (χ1) is 8.27. The Morgan fingerprint density at radius 2 is 1.94 bits per heavy atom. The third-order valence-electron chi connectivity index (χ3n) is 4.96. The van der Waals surface area contributed by atoms with Gasteiger partial charge < -0.3 is 10.5 Å². The molecule has 0 aromatic rings. The summed E-state index contributed by atoms with van der Waals surface area (Å²) >= 11 is 0. The van der Waals surface area contributed by atoms with Crippen molar-refractivity contribution in [3.63, 3.8) is 0 Å². The average molecular weight is 238 g/mol. The summed E-state index contributed by atoms with van der Waals surface area (Å²) in [4.78, 5) is 2.65. The van der Waals surface area contributed by atoms with Crippen LogP contribution in [-0.2, 0) is 4.74 Å². The van der Waals surface area contributed by atoms with Crippen LogP contribution in [0.5, 0.6) is 0 Å². The van der Waals surface area contributed by atoms with E-state index in [4.69, 9.17) is 10.5 Å². The van der Waals surface area contributed by atoms with Crippen LogP contribution in [0.4, 0.5) is 0 Å². The molecule has 3 aliphatic rings. The smallest absolute Gasteiger partial charge is 0.0730 e. The summed E-state index contributed by atoms with van der Waals surface area (Å²) in [6, 6.07) is 0.672. The summed E-state index contributed by atoms with van der Waals surface area (Å²) in [5, 5.41) is 0. The van der Waals surface area contributed by atoms with E-state index in [9.17, 15) is 0 Å². The third kappa shape index (κ3) is 2.51. The van der Waals surface area contributed by atoms with Crippen molar-refractivity contribution in [2.24, 2.45) is 5.73 Å². The SMILES string of the molecule is NC1(CN2CCOC3CCCC32)CCCCC1. The van der Waals surface area contributed by atoms with E-state index in [0.29, 0.717) is 12.1 Å². The fraction of sp³-hybridized carbons (Fsp3) is 1.00. The maximum atomic E-state index is 6.59. The molecular formula is C14H26N2O. The van der Waals surface area contributed by atoms with E-state index in [1.165, 1.54) is 51.4 Å². The molecule has 1 heterocycles. The Morgan fingerprint density at radius 1 is 1.12 bits per heavy atom. The lowest BCUT2D eigenvalue weighted by Crippen LogP contribution is -2.58. The minimum Gasteiger partial charge on any atom is -0.375 e. The highest BCUT2D eigenvalue weighted by Gasteiger charge is 2.39. The number of hydrogen-bond donors (Lipinski definition) is 1. The van der Waals surface area contributed by atoms with E-state index in [-0.39, 0.29) is 5.54 Å². The fourth-order valence-electron chi connectivity index (χ4n) is 4.02. The molecule has 3 nitrogen and oxygen atoms in total. The minimum atomic E-state index is 0.0999. The van der Waals surface area contributed by atoms with E-state index in [1.54, 1.807) is 0 Å². The van der Waals surface area contributed by atoms with Crippen LogP contribution in [0.3, 0.4) is 0 Å². The van der Waals surface area contributed by atoms with Gasteiger partial charge in [-0.15, -0.1) is 0 Å². The Balaban J connectivity index is 1.63. The molecule has 3 rings (SSSR count). The molecule has 1 aliphatic heterocycles. The van der Waals surface area contributed by atoms with Crippen molar-refractivity contribution in [3.05, 3.63) is 0 Å². The average Bonchev–Trinajstić information content (AvgIpc) is 2.79. The lowest BCUT2D eigenvalue weighted by Gasteiger charge is -2.44. The van der Waals surface area contributed by atoms with Crippen LogP contribution in [0.1, 0.15) is 51.4 Å². The predicted octanol–water partition coefficient (Wildman–Crippen LogP) is 1.90. The van der Waals surface area contributed by atoms with Crippen molar-refractivity contribution in [3.8, 4) is 0 Å². The Bertz CT molecular complexity index is 263. The van der Waals surface area contributed by atoms with Gasteiger partial charge in [-0.1, -0.05) is 19.3 Å². The zero-order valence-corrected chi connectivity index (χ0v) is 10.9. The number of nitrogens with two attached hydrogens (primary N) is 1. The molecule has 2 saturated carbocycles. The number of hydrogen-bond acceptors (Lipinski definition) is 3. The van der Waals surface area contributed by atoms with E-state index >= 15 is 0 Å². The molecule has 3 heteroatoms. The molecule has 2 N–H and O–H groups in total. The van der Waals surface area contributed by atoms with Crippen molar-refractivity contribution in [1.29, 1.82) is 0 Å². The van der Waals surface area contributed by atoms with Gasteiger partial charge in [0.2, 0.25) is 0 Å². The molecule has 2 aliphatic carbocycles. The first-order valence-corrected chi connectivity index (χ1v) is 7.41. The normalized spacial score (nSPS) is 37.9. The zero-order chi connectivity index (χ0) is 11.7. The van der Waals surface area contributed by atoms with E-state index in [2.05, 4.69) is 4.90 Å². The van der Waals surface area contributed by atoms with Gasteiger partial charge in [-0.3, -0.25) is 4.90 Å². The first kappa shape index (κ1) is 11.9. The molecule has 0 aromatic carbocycles. The Kier molecular flexibility index (Phi) is 3.42. The van der Waals surface area contributed by atoms with Crippen LogP contribution < -0.4 is 5.73 Å². The second kappa shape index (κ2) is 4.87. The van der Waals surface area contributed by atoms with Gasteiger partial charge in [0.1, 0.15) is 0 Å². The number of nitrogens with zero attached hydrogens (tertiary/aromatic N) is 1. The molecule has 0 aromatic heterocycles. The van der Waals surface area contributed by atoms with E-state index in [1.807, 2.05) is 0 Å². The van der Waals surface area contributed by atoms with Gasteiger partial charge in [-0.05, 0) is 32.1 Å². The van der Waals surface area contributed by atoms with Crippen LogP contribution in [0.2, 0.25) is 0 Å². The highest BCUT2D eigenvalue weighted by molar-refractivity contribution is 4.96. The molecule has 0 spiro atoms. The molecular weight excluding hydrogens is 212 g/mol. The van der Waals surface area contributed by atoms with Gasteiger partial charge in [0, 0.05) is 24.7 Å². The summed E-state index contributed by atoms with van der Waals surface area (Å²) in [6.45, 7) is 3.12. The lowest BCUT2D eigenvalue weighted by atomic mass is 9.82. The second-order valence-corrected chi connectivity index (χ2v) is 6.30. The van der Waals surface area contributed by atoms with E-state index < -0.39 is 0 Å². The van der Waals surface area contributed by atoms with Crippen LogP contribution >= 0.6 is 0 Å². The fourth-order valence-corrected chi connectivity index (χ4v) is 4.02. The highest BCUT2D eigenvalue weighted by Crippen LogP contribution is 2.33. The summed E-state index contributed by atoms with van der Waals surface area (Å²) in [5.41, 5.74) is 6.69. The van der Waals surface area contributed by atoms with Gasteiger partial charge in [0.15, 0.2) is 0 Å². The van der Waals surface area contributed by atoms with Crippen molar-refractivity contribution in [2.45, 2.75) is 69.1 Å². The van der Waals surface area contributed by atoms with Crippen LogP contribution in [-0.4, -0.2) is 42.3 Å². The standard InChI is InChI=1S/C14H26N2O/c15-14(7-2-1-3-8-14)11-16-9-10-17-13-6-4-5-12(13)16/h12-13H,1-11,15H2. The highest BCUT2D eigenvalue weighted by atomic mass is 16.5. The van der Waals surface area contributed by atoms with Gasteiger partial charge in [-0.25, -0.2) is 0 Å². The molecule has 2 atom stereocenters. The molecule has 0 radical (unpaired) electrons. The van der Waals surface area contributed by atoms with Gasteiger partial charge in [0.25, 0.3) is 0 Å². The minimum absolute atomic E-state index is 0.0999. The van der Waals surface area contributed by atoms with Gasteiger partial charge in [0.05, 0.1) is 12.7 Å². The lowest BCUT2D eigenvalue weighted by molar-refractivity contribution is -0.0637. The summed E-state index contributed by atoms with van der Waals surface area (Å²) < 4.78 is 5.87. The molecule has 17 heavy (non-hydrogen) atoms.